The van der Waals surface area contributed by atoms with Crippen LogP contribution in [-0.4, -0.2) is 44.6 Å². The summed E-state index contributed by atoms with van der Waals surface area (Å²) in [5.74, 6) is 0.676. The van der Waals surface area contributed by atoms with Gasteiger partial charge in [-0.3, -0.25) is 9.69 Å². The molecule has 5 aromatic rings. The molecule has 1 saturated heterocycles. The Morgan fingerprint density at radius 3 is 2.74 bits per heavy atom. The van der Waals surface area contributed by atoms with Crippen LogP contribution in [0.5, 0.6) is 0 Å². The van der Waals surface area contributed by atoms with Crippen LogP contribution >= 0.6 is 0 Å². The fourth-order valence-corrected chi connectivity index (χ4v) is 4.75. The van der Waals surface area contributed by atoms with Gasteiger partial charge in [0.1, 0.15) is 5.82 Å². The van der Waals surface area contributed by atoms with Gasteiger partial charge in [0.2, 0.25) is 0 Å². The summed E-state index contributed by atoms with van der Waals surface area (Å²) < 4.78 is 1.75. The van der Waals surface area contributed by atoms with Crippen LogP contribution in [0.4, 0.5) is 5.82 Å². The van der Waals surface area contributed by atoms with Crippen molar-refractivity contribution in [3.8, 4) is 11.1 Å². The number of fused-ring (bicyclic) bond motifs is 2. The minimum absolute atomic E-state index is 0.0397. The lowest BCUT2D eigenvalue weighted by Gasteiger charge is -2.34. The molecule has 34 heavy (non-hydrogen) atoms. The SMILES string of the molecule is O=C(c1ccc(-c2cnn3cccnc23)cc1)N(c1nccc2ccccc12)C1CCCNC1. The van der Waals surface area contributed by atoms with Crippen molar-refractivity contribution in [2.75, 3.05) is 18.0 Å². The molecule has 2 aromatic carbocycles. The predicted octanol–water partition coefficient (Wildman–Crippen LogP) is 4.34. The highest BCUT2D eigenvalue weighted by atomic mass is 16.2. The smallest absolute Gasteiger partial charge is 0.259 e. The summed E-state index contributed by atoms with van der Waals surface area (Å²) in [7, 11) is 0. The second-order valence-electron chi connectivity index (χ2n) is 8.55. The Kier molecular flexibility index (Phi) is 5.24. The number of anilines is 1. The van der Waals surface area contributed by atoms with Crippen molar-refractivity contribution < 1.29 is 4.79 Å². The molecule has 4 heterocycles. The van der Waals surface area contributed by atoms with E-state index in [1.54, 1.807) is 23.1 Å². The Bertz CT molecular complexity index is 1460. The summed E-state index contributed by atoms with van der Waals surface area (Å²) in [5, 5.41) is 9.88. The van der Waals surface area contributed by atoms with Crippen molar-refractivity contribution in [1.29, 1.82) is 0 Å². The second kappa shape index (κ2) is 8.68. The third-order valence-electron chi connectivity index (χ3n) is 6.46. The van der Waals surface area contributed by atoms with Gasteiger partial charge in [-0.1, -0.05) is 36.4 Å². The van der Waals surface area contributed by atoms with Gasteiger partial charge in [-0.15, -0.1) is 0 Å². The van der Waals surface area contributed by atoms with Gasteiger partial charge in [-0.05, 0) is 54.6 Å². The van der Waals surface area contributed by atoms with Crippen molar-refractivity contribution in [2.45, 2.75) is 18.9 Å². The van der Waals surface area contributed by atoms with E-state index < -0.39 is 0 Å². The molecular weight excluding hydrogens is 424 g/mol. The van der Waals surface area contributed by atoms with Crippen LogP contribution in [0, 0.1) is 0 Å². The van der Waals surface area contributed by atoms with E-state index in [0.717, 1.165) is 53.5 Å². The highest BCUT2D eigenvalue weighted by molar-refractivity contribution is 6.10. The molecule has 7 heteroatoms. The molecule has 1 unspecified atom stereocenters. The zero-order chi connectivity index (χ0) is 22.9. The minimum atomic E-state index is -0.0397. The van der Waals surface area contributed by atoms with Crippen molar-refractivity contribution >= 4 is 28.1 Å². The first-order valence-electron chi connectivity index (χ1n) is 11.6. The van der Waals surface area contributed by atoms with Gasteiger partial charge < -0.3 is 5.32 Å². The molecule has 0 radical (unpaired) electrons. The molecule has 1 aliphatic rings. The molecule has 6 rings (SSSR count). The summed E-state index contributed by atoms with van der Waals surface area (Å²) in [4.78, 5) is 24.9. The van der Waals surface area contributed by atoms with Gasteiger partial charge in [0.25, 0.3) is 5.91 Å². The van der Waals surface area contributed by atoms with E-state index in [-0.39, 0.29) is 11.9 Å². The van der Waals surface area contributed by atoms with Crippen molar-refractivity contribution in [2.24, 2.45) is 0 Å². The van der Waals surface area contributed by atoms with Crippen LogP contribution in [0.2, 0.25) is 0 Å². The highest BCUT2D eigenvalue weighted by Crippen LogP contribution is 2.30. The first-order chi connectivity index (χ1) is 16.8. The highest BCUT2D eigenvalue weighted by Gasteiger charge is 2.30. The summed E-state index contributed by atoms with van der Waals surface area (Å²) in [6.45, 7) is 1.73. The quantitative estimate of drug-likeness (QED) is 0.443. The third kappa shape index (κ3) is 3.60. The van der Waals surface area contributed by atoms with Crippen LogP contribution in [0.1, 0.15) is 23.2 Å². The first-order valence-corrected chi connectivity index (χ1v) is 11.6. The van der Waals surface area contributed by atoms with Crippen molar-refractivity contribution in [3.63, 3.8) is 0 Å². The molecule has 0 spiro atoms. The first kappa shape index (κ1) is 20.5. The van der Waals surface area contributed by atoms with Crippen molar-refractivity contribution in [1.82, 2.24) is 24.9 Å². The number of amides is 1. The van der Waals surface area contributed by atoms with Crippen LogP contribution in [0.15, 0.2) is 85.5 Å². The fraction of sp³-hybridized carbons (Fsp3) is 0.185. The lowest BCUT2D eigenvalue weighted by atomic mass is 10.0. The van der Waals surface area contributed by atoms with Gasteiger partial charge in [0.05, 0.1) is 12.2 Å². The van der Waals surface area contributed by atoms with Crippen LogP contribution in [0.3, 0.4) is 0 Å². The number of benzene rings is 2. The maximum absolute atomic E-state index is 13.9. The van der Waals surface area contributed by atoms with Gasteiger partial charge in [-0.2, -0.15) is 5.10 Å². The minimum Gasteiger partial charge on any atom is -0.315 e. The molecule has 0 saturated carbocycles. The Balaban J connectivity index is 1.39. The van der Waals surface area contributed by atoms with Crippen LogP contribution in [0.25, 0.3) is 27.5 Å². The van der Waals surface area contributed by atoms with E-state index in [4.69, 9.17) is 0 Å². The number of rotatable bonds is 4. The molecule has 3 aromatic heterocycles. The molecule has 0 aliphatic carbocycles. The van der Waals surface area contributed by atoms with Gasteiger partial charge in [0, 0.05) is 41.6 Å². The molecule has 0 bridgehead atoms. The lowest BCUT2D eigenvalue weighted by Crippen LogP contribution is -2.49. The molecule has 1 atom stereocenters. The Hall–Kier alpha value is -4.10. The summed E-state index contributed by atoms with van der Waals surface area (Å²) in [5.41, 5.74) is 3.33. The maximum Gasteiger partial charge on any atom is 0.259 e. The third-order valence-corrected chi connectivity index (χ3v) is 6.46. The standard InChI is InChI=1S/C27H24N6O/c34-27(21-10-8-20(9-11-21)24-18-31-32-16-4-14-29-25(24)32)33(22-6-3-13-28-17-22)26-23-7-2-1-5-19(23)12-15-30-26/h1-2,4-5,7-12,14-16,18,22,28H,3,6,13,17H2. The lowest BCUT2D eigenvalue weighted by molar-refractivity contribution is 0.0972. The van der Waals surface area contributed by atoms with E-state index in [0.29, 0.717) is 11.4 Å². The number of hydrogen-bond donors (Lipinski definition) is 1. The van der Waals surface area contributed by atoms with Crippen LogP contribution in [-0.2, 0) is 0 Å². The number of nitrogens with one attached hydrogen (secondary N) is 1. The Labute approximate surface area is 197 Å². The molecule has 1 fully saturated rings. The van der Waals surface area contributed by atoms with Gasteiger partial charge in [-0.25, -0.2) is 14.5 Å². The fourth-order valence-electron chi connectivity index (χ4n) is 4.75. The number of aromatic nitrogens is 4. The molecule has 168 valence electrons. The number of piperidine rings is 1. The van der Waals surface area contributed by atoms with Gasteiger partial charge >= 0.3 is 0 Å². The summed E-state index contributed by atoms with van der Waals surface area (Å²) in [6.07, 6.45) is 9.19. The zero-order valence-corrected chi connectivity index (χ0v) is 18.6. The molecular formula is C27H24N6O. The normalized spacial score (nSPS) is 16.1. The predicted molar refractivity (Wildman–Crippen MR) is 133 cm³/mol. The van der Waals surface area contributed by atoms with E-state index in [1.165, 1.54) is 0 Å². The number of carbonyl (C=O) groups is 1. The van der Waals surface area contributed by atoms with E-state index in [1.807, 2.05) is 65.7 Å². The second-order valence-corrected chi connectivity index (χ2v) is 8.55. The Morgan fingerprint density at radius 2 is 1.88 bits per heavy atom. The molecule has 1 aliphatic heterocycles. The van der Waals surface area contributed by atoms with E-state index in [9.17, 15) is 4.79 Å². The largest absolute Gasteiger partial charge is 0.315 e. The van der Waals surface area contributed by atoms with Gasteiger partial charge in [0.15, 0.2) is 5.65 Å². The number of pyridine rings is 1. The topological polar surface area (TPSA) is 75.4 Å². The maximum atomic E-state index is 13.9. The Morgan fingerprint density at radius 1 is 1.00 bits per heavy atom. The number of hydrogen-bond acceptors (Lipinski definition) is 5. The molecule has 1 N–H and O–H groups in total. The average Bonchev–Trinajstić information content (AvgIpc) is 3.34. The van der Waals surface area contributed by atoms with Crippen molar-refractivity contribution in [3.05, 3.63) is 91.0 Å². The molecule has 1 amide bonds. The van der Waals surface area contributed by atoms with Crippen LogP contribution < -0.4 is 10.2 Å². The van der Waals surface area contributed by atoms with E-state index >= 15 is 0 Å². The number of carbonyl (C=O) groups excluding carboxylic acids is 1. The van der Waals surface area contributed by atoms with E-state index in [2.05, 4.69) is 26.4 Å². The monoisotopic (exact) mass is 448 g/mol. The average molecular weight is 449 g/mol. The molecule has 7 nitrogen and oxygen atoms in total. The summed E-state index contributed by atoms with van der Waals surface area (Å²) >= 11 is 0. The zero-order valence-electron chi connectivity index (χ0n) is 18.6. The summed E-state index contributed by atoms with van der Waals surface area (Å²) in [6, 6.07) is 19.7. The number of nitrogens with zero attached hydrogens (tertiary/aromatic N) is 5.